The Morgan fingerprint density at radius 1 is 0.360 bits per heavy atom. The zero-order chi connectivity index (χ0) is 33.0. The Bertz CT molecular complexity index is 2790. The van der Waals surface area contributed by atoms with E-state index in [0.29, 0.717) is 5.82 Å². The summed E-state index contributed by atoms with van der Waals surface area (Å²) in [6.07, 6.45) is 0. The molecule has 0 spiro atoms. The molecule has 0 fully saturated rings. The molecule has 50 heavy (non-hydrogen) atoms. The minimum absolute atomic E-state index is 0.688. The van der Waals surface area contributed by atoms with Gasteiger partial charge in [-0.05, 0) is 59.7 Å². The van der Waals surface area contributed by atoms with Crippen LogP contribution < -0.4 is 0 Å². The van der Waals surface area contributed by atoms with Gasteiger partial charge in [0.2, 0.25) is 0 Å². The lowest BCUT2D eigenvalue weighted by atomic mass is 10.0. The van der Waals surface area contributed by atoms with Crippen molar-refractivity contribution in [3.63, 3.8) is 0 Å². The highest BCUT2D eigenvalue weighted by Crippen LogP contribution is 2.35. The normalized spacial score (nSPS) is 11.6. The van der Waals surface area contributed by atoms with Crippen molar-refractivity contribution >= 4 is 43.7 Å². The number of furan rings is 1. The molecule has 0 radical (unpaired) electrons. The van der Waals surface area contributed by atoms with Crippen LogP contribution in [0.25, 0.3) is 94.5 Å². The van der Waals surface area contributed by atoms with Crippen molar-refractivity contribution in [1.29, 1.82) is 0 Å². The first kappa shape index (κ1) is 28.3. The van der Waals surface area contributed by atoms with Gasteiger partial charge in [-0.25, -0.2) is 9.97 Å². The van der Waals surface area contributed by atoms with E-state index in [2.05, 4.69) is 144 Å². The van der Waals surface area contributed by atoms with Gasteiger partial charge in [-0.1, -0.05) is 127 Å². The molecule has 3 heterocycles. The molecule has 10 aromatic rings. The zero-order valence-electron chi connectivity index (χ0n) is 27.0. The lowest BCUT2D eigenvalue weighted by Gasteiger charge is -2.11. The maximum atomic E-state index is 6.22. The van der Waals surface area contributed by atoms with E-state index in [0.717, 1.165) is 66.8 Å². The van der Waals surface area contributed by atoms with Crippen LogP contribution in [-0.2, 0) is 0 Å². The molecule has 0 saturated heterocycles. The van der Waals surface area contributed by atoms with E-state index < -0.39 is 0 Å². The molecule has 0 saturated carbocycles. The molecule has 10 rings (SSSR count). The van der Waals surface area contributed by atoms with Crippen molar-refractivity contribution in [2.24, 2.45) is 0 Å². The summed E-state index contributed by atoms with van der Waals surface area (Å²) in [5.41, 5.74) is 12.3. The molecular formula is C46H29N3O. The van der Waals surface area contributed by atoms with E-state index in [-0.39, 0.29) is 0 Å². The zero-order valence-corrected chi connectivity index (χ0v) is 27.0. The molecule has 4 heteroatoms. The summed E-state index contributed by atoms with van der Waals surface area (Å²) in [5, 5.41) is 4.74. The van der Waals surface area contributed by atoms with Crippen molar-refractivity contribution in [3.8, 4) is 50.7 Å². The number of aromatic nitrogens is 3. The third-order valence-corrected chi connectivity index (χ3v) is 9.65. The summed E-state index contributed by atoms with van der Waals surface area (Å²) in [4.78, 5) is 10.1. The maximum Gasteiger partial charge on any atom is 0.160 e. The van der Waals surface area contributed by atoms with E-state index in [1.54, 1.807) is 0 Å². The predicted octanol–water partition coefficient (Wildman–Crippen LogP) is 12.1. The predicted molar refractivity (Wildman–Crippen MR) is 205 cm³/mol. The highest BCUT2D eigenvalue weighted by atomic mass is 16.3. The van der Waals surface area contributed by atoms with Crippen LogP contribution >= 0.6 is 0 Å². The van der Waals surface area contributed by atoms with Gasteiger partial charge < -0.3 is 8.98 Å². The first-order valence-corrected chi connectivity index (χ1v) is 16.8. The molecule has 0 aliphatic rings. The third kappa shape index (κ3) is 4.69. The van der Waals surface area contributed by atoms with Crippen LogP contribution in [0.5, 0.6) is 0 Å². The van der Waals surface area contributed by atoms with Crippen molar-refractivity contribution in [3.05, 3.63) is 176 Å². The fourth-order valence-corrected chi connectivity index (χ4v) is 7.18. The van der Waals surface area contributed by atoms with Gasteiger partial charge in [0.15, 0.2) is 5.82 Å². The van der Waals surface area contributed by atoms with Gasteiger partial charge in [0.1, 0.15) is 11.2 Å². The van der Waals surface area contributed by atoms with Crippen LogP contribution in [0.4, 0.5) is 0 Å². The van der Waals surface area contributed by atoms with Crippen molar-refractivity contribution in [1.82, 2.24) is 14.5 Å². The second-order valence-corrected chi connectivity index (χ2v) is 12.6. The minimum Gasteiger partial charge on any atom is -0.456 e. The molecule has 234 valence electrons. The number of nitrogens with zero attached hydrogens (tertiary/aromatic N) is 3. The van der Waals surface area contributed by atoms with Crippen molar-refractivity contribution in [2.75, 3.05) is 0 Å². The van der Waals surface area contributed by atoms with Gasteiger partial charge in [-0.3, -0.25) is 0 Å². The van der Waals surface area contributed by atoms with Gasteiger partial charge in [0.05, 0.1) is 22.4 Å². The smallest absolute Gasteiger partial charge is 0.160 e. The molecule has 0 N–H and O–H groups in total. The lowest BCUT2D eigenvalue weighted by Crippen LogP contribution is -1.96. The Balaban J connectivity index is 1.01. The van der Waals surface area contributed by atoms with E-state index in [9.17, 15) is 0 Å². The number of hydrogen-bond donors (Lipinski definition) is 0. The van der Waals surface area contributed by atoms with Gasteiger partial charge >= 0.3 is 0 Å². The Kier molecular flexibility index (Phi) is 6.46. The Hall–Kier alpha value is -6.78. The molecule has 0 aliphatic heterocycles. The molecule has 0 aliphatic carbocycles. The van der Waals surface area contributed by atoms with Crippen LogP contribution in [0.1, 0.15) is 0 Å². The maximum absolute atomic E-state index is 6.22. The number of hydrogen-bond acceptors (Lipinski definition) is 3. The van der Waals surface area contributed by atoms with Gasteiger partial charge in [0, 0.05) is 43.9 Å². The summed E-state index contributed by atoms with van der Waals surface area (Å²) >= 11 is 0. The second kappa shape index (κ2) is 11.4. The molecular weight excluding hydrogens is 611 g/mol. The number of para-hydroxylation sites is 3. The highest BCUT2D eigenvalue weighted by Gasteiger charge is 2.15. The summed E-state index contributed by atoms with van der Waals surface area (Å²) in [7, 11) is 0. The molecule has 3 aromatic heterocycles. The van der Waals surface area contributed by atoms with E-state index in [1.807, 2.05) is 36.4 Å². The van der Waals surface area contributed by atoms with Crippen LogP contribution in [0.2, 0.25) is 0 Å². The summed E-state index contributed by atoms with van der Waals surface area (Å²) in [5.74, 6) is 0.688. The average Bonchev–Trinajstić information content (AvgIpc) is 3.74. The van der Waals surface area contributed by atoms with E-state index in [4.69, 9.17) is 14.4 Å². The fraction of sp³-hybridized carbons (Fsp3) is 0. The van der Waals surface area contributed by atoms with Crippen LogP contribution in [0, 0.1) is 0 Å². The third-order valence-electron chi connectivity index (χ3n) is 9.65. The minimum atomic E-state index is 0.688. The quantitative estimate of drug-likeness (QED) is 0.188. The molecule has 4 nitrogen and oxygen atoms in total. The van der Waals surface area contributed by atoms with Crippen LogP contribution in [0.15, 0.2) is 180 Å². The number of benzene rings is 7. The van der Waals surface area contributed by atoms with Gasteiger partial charge in [-0.2, -0.15) is 0 Å². The summed E-state index contributed by atoms with van der Waals surface area (Å²) in [6.45, 7) is 0. The first-order valence-electron chi connectivity index (χ1n) is 16.8. The largest absolute Gasteiger partial charge is 0.456 e. The number of fused-ring (bicyclic) bond motifs is 6. The van der Waals surface area contributed by atoms with Crippen LogP contribution in [0.3, 0.4) is 0 Å². The van der Waals surface area contributed by atoms with Crippen molar-refractivity contribution in [2.45, 2.75) is 0 Å². The van der Waals surface area contributed by atoms with Crippen LogP contribution in [-0.4, -0.2) is 14.5 Å². The first-order chi connectivity index (χ1) is 24.8. The van der Waals surface area contributed by atoms with Gasteiger partial charge in [-0.15, -0.1) is 0 Å². The Morgan fingerprint density at radius 3 is 1.58 bits per heavy atom. The lowest BCUT2D eigenvalue weighted by molar-refractivity contribution is 0.669. The summed E-state index contributed by atoms with van der Waals surface area (Å²) in [6, 6.07) is 61.4. The average molecular weight is 640 g/mol. The van der Waals surface area contributed by atoms with E-state index in [1.165, 1.54) is 21.8 Å². The monoisotopic (exact) mass is 639 g/mol. The summed E-state index contributed by atoms with van der Waals surface area (Å²) < 4.78 is 8.57. The second-order valence-electron chi connectivity index (χ2n) is 12.6. The fourth-order valence-electron chi connectivity index (χ4n) is 7.18. The standard InChI is InChI=1S/C46H29N3O/c1-2-10-33(11-3-1)46-47-40(29-41(48-46)34-24-27-39-38-14-6-9-17-44(38)50-45(39)28-34)32-20-18-30(19-21-32)31-22-25-35(26-23-31)49-42-15-7-4-12-36(42)37-13-5-8-16-43(37)49/h1-29H. The number of rotatable bonds is 5. The Labute approximate surface area is 288 Å². The molecule has 0 unspecified atom stereocenters. The molecule has 0 bridgehead atoms. The molecule has 0 atom stereocenters. The van der Waals surface area contributed by atoms with Crippen molar-refractivity contribution < 1.29 is 4.42 Å². The van der Waals surface area contributed by atoms with E-state index >= 15 is 0 Å². The molecule has 7 aromatic carbocycles. The Morgan fingerprint density at radius 2 is 0.880 bits per heavy atom. The SMILES string of the molecule is c1ccc(-c2nc(-c3ccc(-c4ccc(-n5c6ccccc6c6ccccc65)cc4)cc3)cc(-c3ccc4c(c3)oc3ccccc34)n2)cc1. The highest BCUT2D eigenvalue weighted by molar-refractivity contribution is 6.09. The van der Waals surface area contributed by atoms with Gasteiger partial charge in [0.25, 0.3) is 0 Å². The topological polar surface area (TPSA) is 43.9 Å². The molecule has 0 amide bonds.